The molecule has 4 heteroatoms. The van der Waals surface area contributed by atoms with Crippen molar-refractivity contribution in [1.29, 1.82) is 0 Å². The van der Waals surface area contributed by atoms with E-state index in [1.165, 1.54) is 7.11 Å². The van der Waals surface area contributed by atoms with Crippen LogP contribution in [0.4, 0.5) is 0 Å². The maximum atomic E-state index is 10.6. The van der Waals surface area contributed by atoms with E-state index in [0.29, 0.717) is 6.42 Å². The third kappa shape index (κ3) is 6.28. The average Bonchev–Trinajstić information content (AvgIpc) is 1.87. The standard InChI is InChI=1S/C6H12INO2/c1-8(7)5-3-4-6(9)10-2/h3-5H2,1-2H3. The van der Waals surface area contributed by atoms with Crippen LogP contribution in [0.1, 0.15) is 12.8 Å². The average molecular weight is 257 g/mol. The van der Waals surface area contributed by atoms with Crippen molar-refractivity contribution in [3.63, 3.8) is 0 Å². The van der Waals surface area contributed by atoms with Crippen molar-refractivity contribution in [2.75, 3.05) is 20.7 Å². The van der Waals surface area contributed by atoms with Crippen molar-refractivity contribution in [3.8, 4) is 0 Å². The number of carbonyl (C=O) groups excluding carboxylic acids is 1. The summed E-state index contributed by atoms with van der Waals surface area (Å²) in [6.07, 6.45) is 1.38. The van der Waals surface area contributed by atoms with Gasteiger partial charge in [-0.05, 0) is 13.5 Å². The zero-order chi connectivity index (χ0) is 7.98. The van der Waals surface area contributed by atoms with Crippen LogP contribution in [0.3, 0.4) is 0 Å². The second-order valence-corrected chi connectivity index (χ2v) is 3.66. The summed E-state index contributed by atoms with van der Waals surface area (Å²) in [6.45, 7) is 0.926. The highest BCUT2D eigenvalue weighted by Gasteiger charge is 1.99. The van der Waals surface area contributed by atoms with Gasteiger partial charge in [-0.15, -0.1) is 0 Å². The van der Waals surface area contributed by atoms with Crippen LogP contribution in [-0.4, -0.2) is 29.8 Å². The fourth-order valence-corrected chi connectivity index (χ4v) is 0.884. The Hall–Kier alpha value is 0.160. The number of hydrogen-bond donors (Lipinski definition) is 0. The van der Waals surface area contributed by atoms with E-state index in [1.807, 2.05) is 10.2 Å². The first kappa shape index (κ1) is 10.2. The van der Waals surface area contributed by atoms with E-state index in [2.05, 4.69) is 27.6 Å². The third-order valence-corrected chi connectivity index (χ3v) is 1.56. The van der Waals surface area contributed by atoms with Gasteiger partial charge in [0.1, 0.15) is 0 Å². The van der Waals surface area contributed by atoms with Crippen LogP contribution in [0, 0.1) is 0 Å². The van der Waals surface area contributed by atoms with Gasteiger partial charge in [0.25, 0.3) is 0 Å². The monoisotopic (exact) mass is 257 g/mol. The molecular weight excluding hydrogens is 245 g/mol. The molecule has 0 aliphatic heterocycles. The molecule has 0 fully saturated rings. The summed E-state index contributed by atoms with van der Waals surface area (Å²) in [5.41, 5.74) is 0. The van der Waals surface area contributed by atoms with Crippen LogP contribution in [0.15, 0.2) is 0 Å². The molecule has 0 heterocycles. The molecule has 0 atom stereocenters. The Morgan fingerprint density at radius 3 is 2.70 bits per heavy atom. The van der Waals surface area contributed by atoms with E-state index in [4.69, 9.17) is 0 Å². The van der Waals surface area contributed by atoms with E-state index in [1.54, 1.807) is 0 Å². The Labute approximate surface area is 75.2 Å². The molecule has 0 aliphatic rings. The first-order valence-corrected chi connectivity index (χ1v) is 4.07. The van der Waals surface area contributed by atoms with Gasteiger partial charge in [-0.2, -0.15) is 0 Å². The van der Waals surface area contributed by atoms with Crippen molar-refractivity contribution < 1.29 is 9.53 Å². The summed E-state index contributed by atoms with van der Waals surface area (Å²) in [4.78, 5) is 10.6. The Bertz CT molecular complexity index is 106. The predicted octanol–water partition coefficient (Wildman–Crippen LogP) is 1.22. The molecule has 0 aromatic carbocycles. The lowest BCUT2D eigenvalue weighted by Gasteiger charge is -2.04. The van der Waals surface area contributed by atoms with Gasteiger partial charge in [0, 0.05) is 35.8 Å². The number of ether oxygens (including phenoxy) is 1. The van der Waals surface area contributed by atoms with Crippen molar-refractivity contribution in [1.82, 2.24) is 3.11 Å². The van der Waals surface area contributed by atoms with Gasteiger partial charge in [0.05, 0.1) is 7.11 Å². The number of halogens is 1. The fourth-order valence-electron chi connectivity index (χ4n) is 0.543. The second-order valence-electron chi connectivity index (χ2n) is 2.01. The van der Waals surface area contributed by atoms with Crippen molar-refractivity contribution in [2.45, 2.75) is 12.8 Å². The molecule has 0 radical (unpaired) electrons. The largest absolute Gasteiger partial charge is 0.469 e. The Morgan fingerprint density at radius 2 is 2.30 bits per heavy atom. The zero-order valence-electron chi connectivity index (χ0n) is 6.26. The first-order chi connectivity index (χ1) is 4.66. The molecule has 60 valence electrons. The number of esters is 1. The molecular formula is C6H12INO2. The van der Waals surface area contributed by atoms with Gasteiger partial charge in [-0.25, -0.2) is 0 Å². The minimum Gasteiger partial charge on any atom is -0.469 e. The van der Waals surface area contributed by atoms with Crippen molar-refractivity contribution >= 4 is 28.8 Å². The smallest absolute Gasteiger partial charge is 0.305 e. The molecule has 0 aromatic rings. The van der Waals surface area contributed by atoms with Crippen LogP contribution in [0.25, 0.3) is 0 Å². The van der Waals surface area contributed by atoms with E-state index >= 15 is 0 Å². The highest BCUT2D eigenvalue weighted by Crippen LogP contribution is 1.98. The topological polar surface area (TPSA) is 29.5 Å². The van der Waals surface area contributed by atoms with Crippen LogP contribution in [0.2, 0.25) is 0 Å². The van der Waals surface area contributed by atoms with Gasteiger partial charge in [0.2, 0.25) is 0 Å². The van der Waals surface area contributed by atoms with Gasteiger partial charge >= 0.3 is 5.97 Å². The maximum Gasteiger partial charge on any atom is 0.305 e. The lowest BCUT2D eigenvalue weighted by Crippen LogP contribution is -2.08. The van der Waals surface area contributed by atoms with Gasteiger partial charge in [-0.1, -0.05) is 0 Å². The minimum absolute atomic E-state index is 0.127. The molecule has 0 rings (SSSR count). The Kier molecular flexibility index (Phi) is 6.00. The van der Waals surface area contributed by atoms with Crippen LogP contribution >= 0.6 is 22.9 Å². The lowest BCUT2D eigenvalue weighted by atomic mass is 10.3. The summed E-state index contributed by atoms with van der Waals surface area (Å²) in [5, 5.41) is 0. The molecule has 0 spiro atoms. The highest BCUT2D eigenvalue weighted by atomic mass is 127. The van der Waals surface area contributed by atoms with E-state index in [-0.39, 0.29) is 5.97 Å². The Morgan fingerprint density at radius 1 is 1.70 bits per heavy atom. The van der Waals surface area contributed by atoms with E-state index < -0.39 is 0 Å². The maximum absolute atomic E-state index is 10.6. The number of methoxy groups -OCH3 is 1. The molecule has 0 saturated carbocycles. The van der Waals surface area contributed by atoms with E-state index in [0.717, 1.165) is 13.0 Å². The van der Waals surface area contributed by atoms with E-state index in [9.17, 15) is 4.79 Å². The zero-order valence-corrected chi connectivity index (χ0v) is 8.42. The number of hydrogen-bond acceptors (Lipinski definition) is 3. The minimum atomic E-state index is -0.127. The second kappa shape index (κ2) is 5.91. The summed E-state index contributed by atoms with van der Waals surface area (Å²) in [6, 6.07) is 0. The predicted molar refractivity (Wildman–Crippen MR) is 47.9 cm³/mol. The summed E-state index contributed by atoms with van der Waals surface area (Å²) >= 11 is 2.18. The molecule has 3 nitrogen and oxygen atoms in total. The van der Waals surface area contributed by atoms with Gasteiger partial charge in [0.15, 0.2) is 0 Å². The molecule has 10 heavy (non-hydrogen) atoms. The quantitative estimate of drug-likeness (QED) is 0.431. The number of carbonyl (C=O) groups is 1. The molecule has 0 amide bonds. The van der Waals surface area contributed by atoms with Crippen LogP contribution < -0.4 is 0 Å². The molecule has 0 N–H and O–H groups in total. The Balaban J connectivity index is 3.12. The van der Waals surface area contributed by atoms with Crippen LogP contribution in [-0.2, 0) is 9.53 Å². The molecule has 0 aromatic heterocycles. The van der Waals surface area contributed by atoms with Crippen molar-refractivity contribution in [3.05, 3.63) is 0 Å². The molecule has 0 saturated heterocycles. The van der Waals surface area contributed by atoms with Gasteiger partial charge in [-0.3, -0.25) is 7.91 Å². The van der Waals surface area contributed by atoms with Gasteiger partial charge < -0.3 is 4.74 Å². The highest BCUT2D eigenvalue weighted by molar-refractivity contribution is 14.1. The number of nitrogens with zero attached hydrogens (tertiary/aromatic N) is 1. The van der Waals surface area contributed by atoms with Crippen molar-refractivity contribution in [2.24, 2.45) is 0 Å². The fraction of sp³-hybridized carbons (Fsp3) is 0.833. The first-order valence-electron chi connectivity index (χ1n) is 3.10. The molecule has 0 unspecified atom stereocenters. The lowest BCUT2D eigenvalue weighted by molar-refractivity contribution is -0.140. The van der Waals surface area contributed by atoms with Crippen LogP contribution in [0.5, 0.6) is 0 Å². The normalized spacial score (nSPS) is 10.0. The molecule has 0 bridgehead atoms. The SMILES string of the molecule is COC(=O)CCCN(C)I. The molecule has 0 aliphatic carbocycles. The third-order valence-electron chi connectivity index (χ3n) is 1.07. The summed E-state index contributed by atoms with van der Waals surface area (Å²) < 4.78 is 6.49. The summed E-state index contributed by atoms with van der Waals surface area (Å²) in [7, 11) is 3.38. The number of rotatable bonds is 4. The summed E-state index contributed by atoms with van der Waals surface area (Å²) in [5.74, 6) is -0.127.